The molecular formula is C11H12Cl2F3N. The highest BCUT2D eigenvalue weighted by molar-refractivity contribution is 6.35. The molecule has 0 saturated carbocycles. The second kappa shape index (κ2) is 5.94. The van der Waals surface area contributed by atoms with Crippen LogP contribution < -0.4 is 5.32 Å². The molecule has 1 unspecified atom stereocenters. The van der Waals surface area contributed by atoms with Crippen molar-refractivity contribution in [1.29, 1.82) is 0 Å². The summed E-state index contributed by atoms with van der Waals surface area (Å²) in [7, 11) is 1.50. The van der Waals surface area contributed by atoms with Crippen molar-refractivity contribution in [2.75, 3.05) is 7.05 Å². The van der Waals surface area contributed by atoms with Gasteiger partial charge >= 0.3 is 6.18 Å². The second-order valence-electron chi connectivity index (χ2n) is 3.74. The van der Waals surface area contributed by atoms with Gasteiger partial charge in [0.15, 0.2) is 0 Å². The summed E-state index contributed by atoms with van der Waals surface area (Å²) in [6, 6.07) is 4.10. The van der Waals surface area contributed by atoms with Crippen molar-refractivity contribution in [3.05, 3.63) is 33.8 Å². The van der Waals surface area contributed by atoms with Crippen LogP contribution in [-0.2, 0) is 6.42 Å². The summed E-state index contributed by atoms with van der Waals surface area (Å²) < 4.78 is 36.8. The van der Waals surface area contributed by atoms with E-state index in [0.29, 0.717) is 15.6 Å². The highest BCUT2D eigenvalue weighted by Gasteiger charge is 2.31. The molecule has 1 aromatic carbocycles. The molecule has 0 aliphatic rings. The van der Waals surface area contributed by atoms with Crippen LogP contribution in [0.4, 0.5) is 13.2 Å². The molecule has 0 aromatic heterocycles. The minimum Gasteiger partial charge on any atom is -0.316 e. The van der Waals surface area contributed by atoms with Crippen LogP contribution in [0.5, 0.6) is 0 Å². The molecule has 1 atom stereocenters. The van der Waals surface area contributed by atoms with Gasteiger partial charge in [-0.2, -0.15) is 13.2 Å². The summed E-state index contributed by atoms with van der Waals surface area (Å²) in [5.74, 6) is 0. The number of halogens is 5. The van der Waals surface area contributed by atoms with Crippen molar-refractivity contribution < 1.29 is 13.2 Å². The van der Waals surface area contributed by atoms with Gasteiger partial charge in [0.05, 0.1) is 6.42 Å². The van der Waals surface area contributed by atoms with Gasteiger partial charge in [-0.15, -0.1) is 0 Å². The number of rotatable bonds is 4. The first-order chi connectivity index (χ1) is 7.81. The monoisotopic (exact) mass is 285 g/mol. The van der Waals surface area contributed by atoms with Gasteiger partial charge < -0.3 is 5.32 Å². The molecule has 1 rings (SSSR count). The smallest absolute Gasteiger partial charge is 0.316 e. The predicted octanol–water partition coefficient (Wildman–Crippen LogP) is 4.08. The highest BCUT2D eigenvalue weighted by Crippen LogP contribution is 2.26. The van der Waals surface area contributed by atoms with Crippen molar-refractivity contribution in [2.24, 2.45) is 0 Å². The van der Waals surface area contributed by atoms with Crippen LogP contribution in [0.3, 0.4) is 0 Å². The maximum absolute atomic E-state index is 12.3. The molecule has 1 aromatic rings. The lowest BCUT2D eigenvalue weighted by molar-refractivity contribution is -0.139. The molecule has 0 fully saturated rings. The number of hydrogen-bond donors (Lipinski definition) is 1. The third kappa shape index (κ3) is 5.15. The first-order valence-corrected chi connectivity index (χ1v) is 5.75. The molecule has 96 valence electrons. The zero-order valence-corrected chi connectivity index (χ0v) is 10.6. The Labute approximate surface area is 108 Å². The number of alkyl halides is 3. The van der Waals surface area contributed by atoms with E-state index in [1.807, 2.05) is 0 Å². The van der Waals surface area contributed by atoms with Crippen LogP contribution in [0, 0.1) is 0 Å². The molecule has 1 nitrogen and oxygen atoms in total. The number of nitrogens with one attached hydrogen (secondary N) is 1. The molecule has 1 N–H and O–H groups in total. The maximum atomic E-state index is 12.3. The quantitative estimate of drug-likeness (QED) is 0.879. The first-order valence-electron chi connectivity index (χ1n) is 5.00. The zero-order valence-electron chi connectivity index (χ0n) is 9.11. The minimum atomic E-state index is -4.19. The van der Waals surface area contributed by atoms with Crippen molar-refractivity contribution in [3.8, 4) is 0 Å². The largest absolute Gasteiger partial charge is 0.390 e. The van der Waals surface area contributed by atoms with Crippen molar-refractivity contribution in [3.63, 3.8) is 0 Å². The lowest BCUT2D eigenvalue weighted by Crippen LogP contribution is -2.33. The standard InChI is InChI=1S/C11H12Cl2F3N/c1-17-9(6-11(14,15)16)4-7-2-3-8(12)5-10(7)13/h2-3,5,9,17H,4,6H2,1H3. The van der Waals surface area contributed by atoms with Gasteiger partial charge in [0, 0.05) is 16.1 Å². The van der Waals surface area contributed by atoms with Crippen molar-refractivity contribution in [2.45, 2.75) is 25.1 Å². The molecule has 17 heavy (non-hydrogen) atoms. The van der Waals surface area contributed by atoms with E-state index in [2.05, 4.69) is 5.32 Å². The van der Waals surface area contributed by atoms with Gasteiger partial charge in [-0.25, -0.2) is 0 Å². The van der Waals surface area contributed by atoms with Crippen LogP contribution >= 0.6 is 23.2 Å². The fourth-order valence-corrected chi connectivity index (χ4v) is 1.99. The summed E-state index contributed by atoms with van der Waals surface area (Å²) in [5.41, 5.74) is 0.652. The SMILES string of the molecule is CNC(Cc1ccc(Cl)cc1Cl)CC(F)(F)F. The van der Waals surface area contributed by atoms with E-state index >= 15 is 0 Å². The Morgan fingerprint density at radius 1 is 1.29 bits per heavy atom. The Morgan fingerprint density at radius 3 is 2.41 bits per heavy atom. The molecule has 0 aliphatic carbocycles. The molecule has 0 heterocycles. The highest BCUT2D eigenvalue weighted by atomic mass is 35.5. The van der Waals surface area contributed by atoms with Gasteiger partial charge in [0.25, 0.3) is 0 Å². The molecule has 0 aliphatic heterocycles. The molecule has 0 amide bonds. The summed E-state index contributed by atoms with van der Waals surface area (Å²) in [4.78, 5) is 0. The van der Waals surface area contributed by atoms with Crippen molar-refractivity contribution in [1.82, 2.24) is 5.32 Å². The van der Waals surface area contributed by atoms with E-state index in [1.165, 1.54) is 13.1 Å². The fraction of sp³-hybridized carbons (Fsp3) is 0.455. The predicted molar refractivity (Wildman–Crippen MR) is 63.7 cm³/mol. The van der Waals surface area contributed by atoms with Gasteiger partial charge in [-0.05, 0) is 31.2 Å². The Morgan fingerprint density at radius 2 is 1.94 bits per heavy atom. The fourth-order valence-electron chi connectivity index (χ4n) is 1.51. The molecule has 6 heteroatoms. The summed E-state index contributed by atoms with van der Waals surface area (Å²) in [6.45, 7) is 0. The van der Waals surface area contributed by atoms with E-state index < -0.39 is 18.6 Å². The van der Waals surface area contributed by atoms with E-state index in [1.54, 1.807) is 12.1 Å². The molecular weight excluding hydrogens is 274 g/mol. The summed E-state index contributed by atoms with van der Waals surface area (Å²) >= 11 is 11.6. The average Bonchev–Trinajstić information content (AvgIpc) is 2.19. The van der Waals surface area contributed by atoms with E-state index in [0.717, 1.165) is 0 Å². The Balaban J connectivity index is 2.74. The maximum Gasteiger partial charge on any atom is 0.390 e. The van der Waals surface area contributed by atoms with E-state index in [9.17, 15) is 13.2 Å². The number of likely N-dealkylation sites (N-methyl/N-ethyl adjacent to an activating group) is 1. The zero-order chi connectivity index (χ0) is 13.1. The van der Waals surface area contributed by atoms with Crippen LogP contribution in [0.25, 0.3) is 0 Å². The second-order valence-corrected chi connectivity index (χ2v) is 4.59. The first kappa shape index (κ1) is 14.6. The van der Waals surface area contributed by atoms with Gasteiger partial charge in [0.1, 0.15) is 0 Å². The topological polar surface area (TPSA) is 12.0 Å². The Bertz CT molecular complexity index is 379. The molecule has 0 saturated heterocycles. The third-order valence-corrected chi connectivity index (χ3v) is 2.95. The number of hydrogen-bond acceptors (Lipinski definition) is 1. The minimum absolute atomic E-state index is 0.214. The number of benzene rings is 1. The van der Waals surface area contributed by atoms with E-state index in [-0.39, 0.29) is 6.42 Å². The average molecular weight is 286 g/mol. The van der Waals surface area contributed by atoms with Crippen LogP contribution in [0.15, 0.2) is 18.2 Å². The molecule has 0 spiro atoms. The third-order valence-electron chi connectivity index (χ3n) is 2.37. The van der Waals surface area contributed by atoms with Gasteiger partial charge in [-0.3, -0.25) is 0 Å². The molecule has 0 radical (unpaired) electrons. The van der Waals surface area contributed by atoms with Gasteiger partial charge in [-0.1, -0.05) is 29.3 Å². The summed E-state index contributed by atoms with van der Waals surface area (Å²) in [5, 5.41) is 3.49. The van der Waals surface area contributed by atoms with Crippen LogP contribution in [-0.4, -0.2) is 19.3 Å². The Kier molecular flexibility index (Phi) is 5.10. The van der Waals surface area contributed by atoms with E-state index in [4.69, 9.17) is 23.2 Å². The molecule has 0 bridgehead atoms. The lowest BCUT2D eigenvalue weighted by atomic mass is 10.0. The van der Waals surface area contributed by atoms with Crippen molar-refractivity contribution >= 4 is 23.2 Å². The normalized spacial score (nSPS) is 13.8. The Hall–Kier alpha value is -0.450. The summed E-state index contributed by atoms with van der Waals surface area (Å²) in [6.07, 6.45) is -4.86. The lowest BCUT2D eigenvalue weighted by Gasteiger charge is -2.18. The van der Waals surface area contributed by atoms with Crippen LogP contribution in [0.1, 0.15) is 12.0 Å². The van der Waals surface area contributed by atoms with Gasteiger partial charge in [0.2, 0.25) is 0 Å². The van der Waals surface area contributed by atoms with Crippen LogP contribution in [0.2, 0.25) is 10.0 Å².